The molecule has 0 aromatic carbocycles. The third-order valence-corrected chi connectivity index (χ3v) is 2.11. The van der Waals surface area contributed by atoms with Crippen LogP contribution in [0, 0.1) is 5.92 Å². The summed E-state index contributed by atoms with van der Waals surface area (Å²) in [5.74, 6) is -2.75. The minimum absolute atomic E-state index is 0.00463. The molecule has 5 nitrogen and oxygen atoms in total. The van der Waals surface area contributed by atoms with E-state index in [1.54, 1.807) is 0 Å². The van der Waals surface area contributed by atoms with Crippen LogP contribution in [0.25, 0.3) is 0 Å². The van der Waals surface area contributed by atoms with Gasteiger partial charge in [-0.05, 0) is 12.8 Å². The Morgan fingerprint density at radius 1 is 1.29 bits per heavy atom. The van der Waals surface area contributed by atoms with Crippen LogP contribution in [0.3, 0.4) is 0 Å². The predicted molar refractivity (Wildman–Crippen MR) is 50.9 cm³/mol. The van der Waals surface area contributed by atoms with Crippen molar-refractivity contribution in [2.45, 2.75) is 38.6 Å². The van der Waals surface area contributed by atoms with E-state index in [4.69, 9.17) is 15.9 Å². The van der Waals surface area contributed by atoms with Crippen LogP contribution in [0.2, 0.25) is 0 Å². The number of carboxylic acids is 2. The maximum atomic E-state index is 10.7. The number of unbranched alkanes of at least 4 members (excludes halogenated alkanes) is 1. The van der Waals surface area contributed by atoms with Crippen molar-refractivity contribution in [2.24, 2.45) is 11.7 Å². The molecule has 82 valence electrons. The standard InChI is InChI=1S/C9H17NO4/c1-2-3-4-6(8(11)12)5-7(10)9(13)14/h6-7H,2-5,10H2,1H3,(H,11,12)(H,13,14)/t6-,7-/m1/s1. The number of rotatable bonds is 7. The first-order chi connectivity index (χ1) is 6.49. The van der Waals surface area contributed by atoms with Crippen LogP contribution in [-0.4, -0.2) is 28.2 Å². The molecule has 0 radical (unpaired) electrons. The fourth-order valence-corrected chi connectivity index (χ4v) is 1.20. The quantitative estimate of drug-likeness (QED) is 0.564. The lowest BCUT2D eigenvalue weighted by molar-refractivity contribution is -0.143. The molecule has 4 N–H and O–H groups in total. The van der Waals surface area contributed by atoms with Crippen molar-refractivity contribution in [1.82, 2.24) is 0 Å². The zero-order valence-electron chi connectivity index (χ0n) is 8.27. The lowest BCUT2D eigenvalue weighted by Crippen LogP contribution is -2.34. The van der Waals surface area contributed by atoms with Gasteiger partial charge in [-0.25, -0.2) is 0 Å². The summed E-state index contributed by atoms with van der Waals surface area (Å²) in [6.45, 7) is 1.95. The molecule has 5 heteroatoms. The van der Waals surface area contributed by atoms with Gasteiger partial charge < -0.3 is 15.9 Å². The molecule has 0 aliphatic rings. The summed E-state index contributed by atoms with van der Waals surface area (Å²) in [6, 6.07) is -1.08. The topological polar surface area (TPSA) is 101 Å². The molecule has 0 aliphatic heterocycles. The molecule has 0 unspecified atom stereocenters. The second-order valence-electron chi connectivity index (χ2n) is 3.36. The van der Waals surface area contributed by atoms with E-state index in [1.807, 2.05) is 6.92 Å². The highest BCUT2D eigenvalue weighted by Gasteiger charge is 2.23. The molecule has 0 aromatic rings. The zero-order valence-corrected chi connectivity index (χ0v) is 8.27. The Balaban J connectivity index is 4.08. The minimum Gasteiger partial charge on any atom is -0.481 e. The normalized spacial score (nSPS) is 14.7. The molecular weight excluding hydrogens is 186 g/mol. The van der Waals surface area contributed by atoms with Gasteiger partial charge in [0.2, 0.25) is 0 Å². The highest BCUT2D eigenvalue weighted by Crippen LogP contribution is 2.14. The summed E-state index contributed by atoms with van der Waals surface area (Å²) >= 11 is 0. The Bertz CT molecular complexity index is 205. The molecule has 0 bridgehead atoms. The first kappa shape index (κ1) is 12.9. The monoisotopic (exact) mass is 203 g/mol. The Morgan fingerprint density at radius 3 is 2.21 bits per heavy atom. The van der Waals surface area contributed by atoms with E-state index in [9.17, 15) is 9.59 Å². The van der Waals surface area contributed by atoms with Gasteiger partial charge in [0.1, 0.15) is 6.04 Å². The summed E-state index contributed by atoms with van der Waals surface area (Å²) in [5.41, 5.74) is 5.26. The average Bonchev–Trinajstić information content (AvgIpc) is 2.10. The molecule has 0 fully saturated rings. The fourth-order valence-electron chi connectivity index (χ4n) is 1.20. The van der Waals surface area contributed by atoms with E-state index in [2.05, 4.69) is 0 Å². The third kappa shape index (κ3) is 4.81. The van der Waals surface area contributed by atoms with Gasteiger partial charge >= 0.3 is 11.9 Å². The summed E-state index contributed by atoms with van der Waals surface area (Å²) < 4.78 is 0. The average molecular weight is 203 g/mol. The second-order valence-corrected chi connectivity index (χ2v) is 3.36. The number of carbonyl (C=O) groups is 2. The largest absolute Gasteiger partial charge is 0.481 e. The third-order valence-electron chi connectivity index (χ3n) is 2.11. The van der Waals surface area contributed by atoms with Crippen LogP contribution in [0.1, 0.15) is 32.6 Å². The number of nitrogens with two attached hydrogens (primary N) is 1. The molecule has 0 rings (SSSR count). The maximum Gasteiger partial charge on any atom is 0.320 e. The molecule has 0 aliphatic carbocycles. The van der Waals surface area contributed by atoms with Crippen LogP contribution in [0.5, 0.6) is 0 Å². The lowest BCUT2D eigenvalue weighted by atomic mass is 9.95. The van der Waals surface area contributed by atoms with Crippen LogP contribution in [-0.2, 0) is 9.59 Å². The van der Waals surface area contributed by atoms with E-state index in [-0.39, 0.29) is 6.42 Å². The first-order valence-electron chi connectivity index (χ1n) is 4.70. The summed E-state index contributed by atoms with van der Waals surface area (Å²) in [4.78, 5) is 21.1. The summed E-state index contributed by atoms with van der Waals surface area (Å²) in [7, 11) is 0. The Morgan fingerprint density at radius 2 is 1.86 bits per heavy atom. The Labute approximate surface area is 82.9 Å². The van der Waals surface area contributed by atoms with Gasteiger partial charge in [0, 0.05) is 0 Å². The molecule has 0 heterocycles. The van der Waals surface area contributed by atoms with Crippen LogP contribution < -0.4 is 5.73 Å². The summed E-state index contributed by atoms with van der Waals surface area (Å²) in [6.07, 6.45) is 2.17. The SMILES string of the molecule is CCCC[C@H](C[C@@H](N)C(=O)O)C(=O)O. The summed E-state index contributed by atoms with van der Waals surface area (Å²) in [5, 5.41) is 17.3. The van der Waals surface area contributed by atoms with Gasteiger partial charge in [-0.2, -0.15) is 0 Å². The van der Waals surface area contributed by atoms with E-state index in [0.717, 1.165) is 12.8 Å². The number of carboxylic acid groups (broad SMARTS) is 2. The molecular formula is C9H17NO4. The minimum atomic E-state index is -1.15. The Kier molecular flexibility index (Phi) is 5.87. The molecule has 0 amide bonds. The highest BCUT2D eigenvalue weighted by molar-refractivity contribution is 5.75. The van der Waals surface area contributed by atoms with Crippen molar-refractivity contribution in [3.8, 4) is 0 Å². The fraction of sp³-hybridized carbons (Fsp3) is 0.778. The number of aliphatic carboxylic acids is 2. The zero-order chi connectivity index (χ0) is 11.1. The van der Waals surface area contributed by atoms with Crippen LogP contribution >= 0.6 is 0 Å². The van der Waals surface area contributed by atoms with Crippen molar-refractivity contribution >= 4 is 11.9 Å². The van der Waals surface area contributed by atoms with Gasteiger partial charge in [-0.3, -0.25) is 9.59 Å². The highest BCUT2D eigenvalue weighted by atomic mass is 16.4. The van der Waals surface area contributed by atoms with E-state index in [0.29, 0.717) is 6.42 Å². The smallest absolute Gasteiger partial charge is 0.320 e. The van der Waals surface area contributed by atoms with Gasteiger partial charge in [0.15, 0.2) is 0 Å². The predicted octanol–water partition coefficient (Wildman–Crippen LogP) is 0.679. The maximum absolute atomic E-state index is 10.7. The van der Waals surface area contributed by atoms with Gasteiger partial charge in [0.05, 0.1) is 5.92 Å². The molecule has 0 saturated carbocycles. The molecule has 0 spiro atoms. The molecule has 14 heavy (non-hydrogen) atoms. The van der Waals surface area contributed by atoms with Gasteiger partial charge in [-0.15, -0.1) is 0 Å². The van der Waals surface area contributed by atoms with Crippen molar-refractivity contribution in [3.05, 3.63) is 0 Å². The number of hydrogen-bond acceptors (Lipinski definition) is 3. The molecule has 2 atom stereocenters. The van der Waals surface area contributed by atoms with Crippen molar-refractivity contribution in [1.29, 1.82) is 0 Å². The van der Waals surface area contributed by atoms with Crippen molar-refractivity contribution < 1.29 is 19.8 Å². The van der Waals surface area contributed by atoms with Crippen LogP contribution in [0.4, 0.5) is 0 Å². The van der Waals surface area contributed by atoms with E-state index < -0.39 is 23.9 Å². The van der Waals surface area contributed by atoms with E-state index >= 15 is 0 Å². The Hall–Kier alpha value is -1.10. The first-order valence-corrected chi connectivity index (χ1v) is 4.70. The second kappa shape index (κ2) is 6.37. The van der Waals surface area contributed by atoms with Crippen molar-refractivity contribution in [3.63, 3.8) is 0 Å². The lowest BCUT2D eigenvalue weighted by Gasteiger charge is -2.13. The van der Waals surface area contributed by atoms with Crippen molar-refractivity contribution in [2.75, 3.05) is 0 Å². The van der Waals surface area contributed by atoms with Gasteiger partial charge in [0.25, 0.3) is 0 Å². The van der Waals surface area contributed by atoms with Gasteiger partial charge in [-0.1, -0.05) is 19.8 Å². The number of hydrogen-bond donors (Lipinski definition) is 3. The van der Waals surface area contributed by atoms with E-state index in [1.165, 1.54) is 0 Å². The molecule has 0 saturated heterocycles. The van der Waals surface area contributed by atoms with Crippen LogP contribution in [0.15, 0.2) is 0 Å². The molecule has 0 aromatic heterocycles.